The van der Waals surface area contributed by atoms with Crippen LogP contribution in [0, 0.1) is 0 Å². The lowest BCUT2D eigenvalue weighted by Crippen LogP contribution is -2.30. The van der Waals surface area contributed by atoms with E-state index in [1.165, 1.54) is 6.20 Å². The molecule has 6 heteroatoms. The Hall–Kier alpha value is -2.99. The van der Waals surface area contributed by atoms with E-state index in [-0.39, 0.29) is 12.2 Å². The van der Waals surface area contributed by atoms with Gasteiger partial charge in [-0.25, -0.2) is 4.98 Å². The molecule has 0 unspecified atom stereocenters. The van der Waals surface area contributed by atoms with Crippen molar-refractivity contribution in [2.24, 2.45) is 0 Å². The molecule has 1 amide bonds. The highest BCUT2D eigenvalue weighted by atomic mass is 16.5. The molecule has 0 aliphatic heterocycles. The second-order valence-corrected chi connectivity index (χ2v) is 6.30. The number of hydrogen-bond donors (Lipinski definition) is 2. The average molecular weight is 365 g/mol. The van der Waals surface area contributed by atoms with Gasteiger partial charge >= 0.3 is 0 Å². The van der Waals surface area contributed by atoms with Crippen molar-refractivity contribution in [1.82, 2.24) is 15.3 Å². The van der Waals surface area contributed by atoms with Crippen LogP contribution in [0.1, 0.15) is 41.5 Å². The maximum atomic E-state index is 12.4. The van der Waals surface area contributed by atoms with E-state index in [1.54, 1.807) is 0 Å². The second-order valence-electron chi connectivity index (χ2n) is 6.30. The number of carbonyl (C=O) groups is 1. The average Bonchev–Trinajstić information content (AvgIpc) is 2.69. The van der Waals surface area contributed by atoms with Gasteiger partial charge in [0.05, 0.1) is 0 Å². The summed E-state index contributed by atoms with van der Waals surface area (Å²) in [5.41, 5.74) is 0.522. The quantitative estimate of drug-likeness (QED) is 0.601. The number of fused-ring (bicyclic) bond motifs is 1. The number of nitrogens with one attached hydrogen (secondary N) is 2. The van der Waals surface area contributed by atoms with E-state index < -0.39 is 11.5 Å². The maximum absolute atomic E-state index is 12.4. The number of amides is 1. The monoisotopic (exact) mass is 365 g/mol. The van der Waals surface area contributed by atoms with E-state index in [2.05, 4.69) is 22.2 Å². The molecule has 0 saturated carbocycles. The van der Waals surface area contributed by atoms with Crippen molar-refractivity contribution in [2.75, 3.05) is 6.61 Å². The number of carbonyl (C=O) groups excluding carboxylic acids is 1. The third-order valence-electron chi connectivity index (χ3n) is 4.30. The summed E-state index contributed by atoms with van der Waals surface area (Å²) in [7, 11) is 0. The molecule has 27 heavy (non-hydrogen) atoms. The summed E-state index contributed by atoms with van der Waals surface area (Å²) in [6.07, 6.45) is 3.30. The Bertz CT molecular complexity index is 976. The maximum Gasteiger partial charge on any atom is 0.263 e. The summed E-state index contributed by atoms with van der Waals surface area (Å²) in [6, 6.07) is 13.9. The summed E-state index contributed by atoms with van der Waals surface area (Å²) in [4.78, 5) is 31.3. The number of ether oxygens (including phenoxy) is 1. The normalized spacial score (nSPS) is 10.9. The second kappa shape index (κ2) is 9.09. The number of nitrogens with zero attached hydrogens (tertiary/aromatic N) is 1. The minimum absolute atomic E-state index is 0.00690. The fraction of sp³-hybridized carbons (Fsp3) is 0.286. The van der Waals surface area contributed by atoms with Crippen molar-refractivity contribution in [1.29, 1.82) is 0 Å². The molecule has 0 atom stereocenters. The predicted octanol–water partition coefficient (Wildman–Crippen LogP) is 3.17. The molecule has 0 aliphatic rings. The lowest BCUT2D eigenvalue weighted by atomic mass is 10.0. The Morgan fingerprint density at radius 2 is 2.00 bits per heavy atom. The van der Waals surface area contributed by atoms with Gasteiger partial charge in [-0.05, 0) is 22.8 Å². The number of aromatic amines is 1. The lowest BCUT2D eigenvalue weighted by Gasteiger charge is -2.08. The fourth-order valence-electron chi connectivity index (χ4n) is 2.80. The molecular formula is C21H23N3O3. The van der Waals surface area contributed by atoms with Gasteiger partial charge in [0, 0.05) is 19.3 Å². The zero-order valence-corrected chi connectivity index (χ0v) is 15.3. The zero-order chi connectivity index (χ0) is 19.1. The molecule has 3 aromatic rings. The summed E-state index contributed by atoms with van der Waals surface area (Å²) in [5, 5.41) is 4.98. The van der Waals surface area contributed by atoms with E-state index in [9.17, 15) is 9.59 Å². The molecule has 1 heterocycles. The topological polar surface area (TPSA) is 84.1 Å². The minimum Gasteiger partial charge on any atom is -0.374 e. The SMILES string of the molecule is CCCCOCc1ncc(C(=O)NCc2cccc3ccccc23)c(=O)[nH]1. The lowest BCUT2D eigenvalue weighted by molar-refractivity contribution is 0.0947. The van der Waals surface area contributed by atoms with Gasteiger partial charge in [-0.15, -0.1) is 0 Å². The minimum atomic E-state index is -0.463. The molecule has 6 nitrogen and oxygen atoms in total. The first-order valence-corrected chi connectivity index (χ1v) is 9.10. The molecular weight excluding hydrogens is 342 g/mol. The summed E-state index contributed by atoms with van der Waals surface area (Å²) in [5.74, 6) is -0.0307. The van der Waals surface area contributed by atoms with Crippen LogP contribution in [0.15, 0.2) is 53.5 Å². The molecule has 0 spiro atoms. The molecule has 0 radical (unpaired) electrons. The van der Waals surface area contributed by atoms with Crippen LogP contribution in [0.2, 0.25) is 0 Å². The van der Waals surface area contributed by atoms with Crippen molar-refractivity contribution in [3.63, 3.8) is 0 Å². The predicted molar refractivity (Wildman–Crippen MR) is 105 cm³/mol. The zero-order valence-electron chi connectivity index (χ0n) is 15.3. The van der Waals surface area contributed by atoms with E-state index in [1.807, 2.05) is 42.5 Å². The number of H-pyrrole nitrogens is 1. The smallest absolute Gasteiger partial charge is 0.263 e. The highest BCUT2D eigenvalue weighted by molar-refractivity contribution is 5.94. The Balaban J connectivity index is 1.65. The number of hydrogen-bond acceptors (Lipinski definition) is 4. The van der Waals surface area contributed by atoms with Crippen LogP contribution in [0.25, 0.3) is 10.8 Å². The largest absolute Gasteiger partial charge is 0.374 e. The van der Waals surface area contributed by atoms with E-state index in [4.69, 9.17) is 4.74 Å². The van der Waals surface area contributed by atoms with Crippen molar-refractivity contribution < 1.29 is 9.53 Å². The van der Waals surface area contributed by atoms with Crippen LogP contribution < -0.4 is 10.9 Å². The fourth-order valence-corrected chi connectivity index (χ4v) is 2.80. The number of unbranched alkanes of at least 4 members (excludes halogenated alkanes) is 1. The van der Waals surface area contributed by atoms with Crippen molar-refractivity contribution >= 4 is 16.7 Å². The molecule has 0 fully saturated rings. The molecule has 0 aliphatic carbocycles. The molecule has 140 valence electrons. The first kappa shape index (κ1) is 18.8. The van der Waals surface area contributed by atoms with Gasteiger partial charge in [-0.2, -0.15) is 0 Å². The van der Waals surface area contributed by atoms with Gasteiger partial charge in [-0.3, -0.25) is 9.59 Å². The van der Waals surface area contributed by atoms with Gasteiger partial charge < -0.3 is 15.0 Å². The molecule has 2 aromatic carbocycles. The first-order valence-electron chi connectivity index (χ1n) is 9.10. The summed E-state index contributed by atoms with van der Waals surface area (Å²) >= 11 is 0. The van der Waals surface area contributed by atoms with Gasteiger partial charge in [0.25, 0.3) is 11.5 Å². The van der Waals surface area contributed by atoms with Crippen LogP contribution >= 0.6 is 0 Å². The molecule has 0 bridgehead atoms. The van der Waals surface area contributed by atoms with Gasteiger partial charge in [0.15, 0.2) is 0 Å². The number of benzene rings is 2. The van der Waals surface area contributed by atoms with E-state index in [0.29, 0.717) is 19.0 Å². The highest BCUT2D eigenvalue weighted by Gasteiger charge is 2.12. The number of rotatable bonds is 8. The van der Waals surface area contributed by atoms with Crippen LogP contribution in [0.3, 0.4) is 0 Å². The van der Waals surface area contributed by atoms with Gasteiger partial charge in [0.1, 0.15) is 18.0 Å². The van der Waals surface area contributed by atoms with Crippen LogP contribution in [0.4, 0.5) is 0 Å². The Kier molecular flexibility index (Phi) is 6.33. The molecule has 1 aromatic heterocycles. The first-order chi connectivity index (χ1) is 13.2. The summed E-state index contributed by atoms with van der Waals surface area (Å²) in [6.45, 7) is 3.26. The highest BCUT2D eigenvalue weighted by Crippen LogP contribution is 2.18. The standard InChI is InChI=1S/C21H23N3O3/c1-2-3-11-27-14-19-22-13-18(21(26)24-19)20(25)23-12-16-9-6-8-15-7-4-5-10-17(15)16/h4-10,13H,2-3,11-12,14H2,1H3,(H,23,25)(H,22,24,26). The van der Waals surface area contributed by atoms with Crippen molar-refractivity contribution in [3.8, 4) is 0 Å². The number of aromatic nitrogens is 2. The molecule has 3 rings (SSSR count). The third kappa shape index (κ3) is 4.80. The van der Waals surface area contributed by atoms with Crippen molar-refractivity contribution in [3.05, 3.63) is 76.0 Å². The van der Waals surface area contributed by atoms with E-state index in [0.717, 1.165) is 29.2 Å². The van der Waals surface area contributed by atoms with Gasteiger partial charge in [-0.1, -0.05) is 55.8 Å². The Morgan fingerprint density at radius 3 is 2.81 bits per heavy atom. The summed E-state index contributed by atoms with van der Waals surface area (Å²) < 4.78 is 5.43. The third-order valence-corrected chi connectivity index (χ3v) is 4.30. The molecule has 0 saturated heterocycles. The Labute approximate surface area is 157 Å². The van der Waals surface area contributed by atoms with Crippen LogP contribution in [0.5, 0.6) is 0 Å². The van der Waals surface area contributed by atoms with Gasteiger partial charge in [0.2, 0.25) is 0 Å². The van der Waals surface area contributed by atoms with Crippen LogP contribution in [-0.2, 0) is 17.9 Å². The van der Waals surface area contributed by atoms with E-state index >= 15 is 0 Å². The van der Waals surface area contributed by atoms with Crippen molar-refractivity contribution in [2.45, 2.75) is 32.9 Å². The van der Waals surface area contributed by atoms with Crippen LogP contribution in [-0.4, -0.2) is 22.5 Å². The Morgan fingerprint density at radius 1 is 1.19 bits per heavy atom. The molecule has 2 N–H and O–H groups in total.